The normalized spacial score (nSPS) is 16.7. The Morgan fingerprint density at radius 3 is 2.35 bits per heavy atom. The van der Waals surface area contributed by atoms with E-state index in [0.29, 0.717) is 30.9 Å². The number of Topliss-reactive ketones (excluding diaryl/α,β-unsaturated/α-hetero) is 2. The Kier molecular flexibility index (Phi) is 7.14. The fourth-order valence-electron chi connectivity index (χ4n) is 2.66. The summed E-state index contributed by atoms with van der Waals surface area (Å²) in [7, 11) is 0. The van der Waals surface area contributed by atoms with Crippen molar-refractivity contribution in [1.29, 1.82) is 0 Å². The first-order valence-electron chi connectivity index (χ1n) is 8.74. The van der Waals surface area contributed by atoms with E-state index in [2.05, 4.69) is 4.99 Å². The van der Waals surface area contributed by atoms with Gasteiger partial charge in [0.15, 0.2) is 0 Å². The zero-order valence-electron chi connectivity index (χ0n) is 15.5. The van der Waals surface area contributed by atoms with Crippen LogP contribution in [-0.2, 0) is 25.7 Å². The number of esters is 1. The van der Waals surface area contributed by atoms with Gasteiger partial charge in [0.05, 0.1) is 17.3 Å². The van der Waals surface area contributed by atoms with Gasteiger partial charge in [-0.1, -0.05) is 42.1 Å². The van der Waals surface area contributed by atoms with Gasteiger partial charge in [0.2, 0.25) is 0 Å². The minimum Gasteiger partial charge on any atom is -0.459 e. The zero-order chi connectivity index (χ0) is 19.2. The molecular formula is C20H25NO4S. The Balaban J connectivity index is 2.14. The van der Waals surface area contributed by atoms with E-state index < -0.39 is 11.5 Å². The van der Waals surface area contributed by atoms with E-state index in [9.17, 15) is 14.4 Å². The molecule has 1 aliphatic carbocycles. The van der Waals surface area contributed by atoms with E-state index in [-0.39, 0.29) is 23.3 Å². The molecule has 0 atom stereocenters. The standard InChI is InChI=1S/C20H25NO4S/c1-20(2,3)25-17(24)13-26-19(18-15(22)10-7-11-16(18)23)21-12-14-8-5-4-6-9-14/h4-6,8-9,18H,7,10-13H2,1-3H3. The smallest absolute Gasteiger partial charge is 0.316 e. The third-order valence-electron chi connectivity index (χ3n) is 3.76. The highest BCUT2D eigenvalue weighted by atomic mass is 32.2. The van der Waals surface area contributed by atoms with Gasteiger partial charge in [-0.2, -0.15) is 0 Å². The first-order valence-corrected chi connectivity index (χ1v) is 9.73. The topological polar surface area (TPSA) is 72.8 Å². The molecule has 1 aromatic carbocycles. The molecule has 1 fully saturated rings. The summed E-state index contributed by atoms with van der Waals surface area (Å²) < 4.78 is 5.31. The maximum Gasteiger partial charge on any atom is 0.316 e. The highest BCUT2D eigenvalue weighted by Crippen LogP contribution is 2.25. The summed E-state index contributed by atoms with van der Waals surface area (Å²) in [5.74, 6) is -1.40. The molecule has 140 valence electrons. The van der Waals surface area contributed by atoms with Gasteiger partial charge in [0.25, 0.3) is 0 Å². The Bertz CT molecular complexity index is 676. The molecule has 1 saturated carbocycles. The van der Waals surface area contributed by atoms with Crippen molar-refractivity contribution in [2.75, 3.05) is 5.75 Å². The number of hydrogen-bond acceptors (Lipinski definition) is 6. The van der Waals surface area contributed by atoms with Crippen molar-refractivity contribution in [3.63, 3.8) is 0 Å². The van der Waals surface area contributed by atoms with E-state index in [0.717, 1.165) is 17.3 Å². The van der Waals surface area contributed by atoms with Gasteiger partial charge >= 0.3 is 5.97 Å². The number of rotatable bonds is 5. The fraction of sp³-hybridized carbons (Fsp3) is 0.500. The van der Waals surface area contributed by atoms with Crippen LogP contribution in [0.1, 0.15) is 45.6 Å². The lowest BCUT2D eigenvalue weighted by atomic mass is 9.87. The number of ether oxygens (including phenoxy) is 1. The Labute approximate surface area is 158 Å². The Morgan fingerprint density at radius 1 is 1.15 bits per heavy atom. The highest BCUT2D eigenvalue weighted by molar-refractivity contribution is 8.14. The van der Waals surface area contributed by atoms with Gasteiger partial charge in [-0.3, -0.25) is 19.4 Å². The van der Waals surface area contributed by atoms with Crippen molar-refractivity contribution in [1.82, 2.24) is 0 Å². The summed E-state index contributed by atoms with van der Waals surface area (Å²) in [5.41, 5.74) is 0.411. The predicted molar refractivity (Wildman–Crippen MR) is 103 cm³/mol. The maximum absolute atomic E-state index is 12.3. The number of thioether (sulfide) groups is 1. The molecule has 0 bridgehead atoms. The molecule has 2 rings (SSSR count). The van der Waals surface area contributed by atoms with Crippen LogP contribution in [0.3, 0.4) is 0 Å². The summed E-state index contributed by atoms with van der Waals surface area (Å²) in [6, 6.07) is 9.61. The van der Waals surface area contributed by atoms with E-state index in [1.807, 2.05) is 30.3 Å². The molecular weight excluding hydrogens is 350 g/mol. The molecule has 26 heavy (non-hydrogen) atoms. The molecule has 1 aliphatic rings. The number of ketones is 2. The SMILES string of the molecule is CC(C)(C)OC(=O)CSC(=NCc1ccccc1)C1C(=O)CCCC1=O. The number of nitrogens with zero attached hydrogens (tertiary/aromatic N) is 1. The van der Waals surface area contributed by atoms with Crippen molar-refractivity contribution >= 4 is 34.3 Å². The van der Waals surface area contributed by atoms with Crippen LogP contribution in [0.2, 0.25) is 0 Å². The molecule has 0 spiro atoms. The molecule has 6 heteroatoms. The van der Waals surface area contributed by atoms with Crippen molar-refractivity contribution in [2.24, 2.45) is 10.9 Å². The zero-order valence-corrected chi connectivity index (χ0v) is 16.3. The molecule has 0 unspecified atom stereocenters. The second-order valence-electron chi connectivity index (χ2n) is 7.23. The maximum atomic E-state index is 12.3. The number of carbonyl (C=O) groups is 3. The van der Waals surface area contributed by atoms with E-state index >= 15 is 0 Å². The molecule has 0 heterocycles. The lowest BCUT2D eigenvalue weighted by Gasteiger charge is -2.22. The van der Waals surface area contributed by atoms with Crippen molar-refractivity contribution < 1.29 is 19.1 Å². The summed E-state index contributed by atoms with van der Waals surface area (Å²) in [5, 5.41) is 0.425. The van der Waals surface area contributed by atoms with Crippen molar-refractivity contribution in [3.05, 3.63) is 35.9 Å². The third kappa shape index (κ3) is 6.41. The summed E-state index contributed by atoms with van der Waals surface area (Å²) >= 11 is 1.14. The Morgan fingerprint density at radius 2 is 1.77 bits per heavy atom. The quantitative estimate of drug-likeness (QED) is 0.340. The van der Waals surface area contributed by atoms with Crippen LogP contribution in [0, 0.1) is 5.92 Å². The average Bonchev–Trinajstić information content (AvgIpc) is 2.56. The number of carbonyl (C=O) groups excluding carboxylic acids is 3. The molecule has 5 nitrogen and oxygen atoms in total. The van der Waals surface area contributed by atoms with Crippen LogP contribution in [0.4, 0.5) is 0 Å². The predicted octanol–water partition coefficient (Wildman–Crippen LogP) is 3.60. The van der Waals surface area contributed by atoms with Gasteiger partial charge in [0.1, 0.15) is 23.1 Å². The molecule has 0 aliphatic heterocycles. The average molecular weight is 375 g/mol. The number of benzene rings is 1. The van der Waals surface area contributed by atoms with E-state index in [1.165, 1.54) is 0 Å². The first kappa shape index (κ1) is 20.4. The lowest BCUT2D eigenvalue weighted by Crippen LogP contribution is -2.35. The summed E-state index contributed by atoms with van der Waals surface area (Å²) in [6.07, 6.45) is 1.36. The Hall–Kier alpha value is -1.95. The first-order chi connectivity index (χ1) is 12.3. The largest absolute Gasteiger partial charge is 0.459 e. The van der Waals surface area contributed by atoms with Crippen LogP contribution in [0.25, 0.3) is 0 Å². The molecule has 0 amide bonds. The minimum atomic E-state index is -0.833. The van der Waals surface area contributed by atoms with Crippen LogP contribution in [-0.4, -0.2) is 33.9 Å². The van der Waals surface area contributed by atoms with Crippen LogP contribution in [0.15, 0.2) is 35.3 Å². The summed E-state index contributed by atoms with van der Waals surface area (Å²) in [6.45, 7) is 5.77. The summed E-state index contributed by atoms with van der Waals surface area (Å²) in [4.78, 5) is 41.1. The molecule has 0 N–H and O–H groups in total. The number of aliphatic imine (C=N–C) groups is 1. The number of hydrogen-bond donors (Lipinski definition) is 0. The second kappa shape index (κ2) is 9.12. The van der Waals surface area contributed by atoms with Gasteiger partial charge < -0.3 is 4.74 Å². The highest BCUT2D eigenvalue weighted by Gasteiger charge is 2.35. The lowest BCUT2D eigenvalue weighted by molar-refractivity contribution is -0.151. The van der Waals surface area contributed by atoms with E-state index in [4.69, 9.17) is 4.74 Å². The van der Waals surface area contributed by atoms with Crippen molar-refractivity contribution in [2.45, 2.75) is 52.2 Å². The van der Waals surface area contributed by atoms with Crippen LogP contribution in [0.5, 0.6) is 0 Å². The molecule has 0 saturated heterocycles. The van der Waals surface area contributed by atoms with Gasteiger partial charge in [-0.15, -0.1) is 0 Å². The van der Waals surface area contributed by atoms with Gasteiger partial charge in [-0.05, 0) is 32.8 Å². The van der Waals surface area contributed by atoms with Crippen molar-refractivity contribution in [3.8, 4) is 0 Å². The van der Waals surface area contributed by atoms with Crippen LogP contribution >= 0.6 is 11.8 Å². The minimum absolute atomic E-state index is 0.0297. The van der Waals surface area contributed by atoms with Gasteiger partial charge in [0, 0.05) is 12.8 Å². The second-order valence-corrected chi connectivity index (χ2v) is 8.23. The molecule has 0 radical (unpaired) electrons. The monoisotopic (exact) mass is 375 g/mol. The van der Waals surface area contributed by atoms with Crippen LogP contribution < -0.4 is 0 Å². The third-order valence-corrected chi connectivity index (χ3v) is 4.80. The molecule has 0 aromatic heterocycles. The fourth-order valence-corrected chi connectivity index (χ4v) is 3.57. The van der Waals surface area contributed by atoms with Gasteiger partial charge in [-0.25, -0.2) is 0 Å². The molecule has 1 aromatic rings. The van der Waals surface area contributed by atoms with E-state index in [1.54, 1.807) is 20.8 Å².